The second kappa shape index (κ2) is 9.78. The monoisotopic (exact) mass is 448 g/mol. The molecule has 1 aliphatic heterocycles. The van der Waals surface area contributed by atoms with Gasteiger partial charge in [-0.1, -0.05) is 26.0 Å². The number of carbonyl (C=O) groups excluding carboxylic acids is 1. The summed E-state index contributed by atoms with van der Waals surface area (Å²) in [5.41, 5.74) is 1.14. The van der Waals surface area contributed by atoms with Gasteiger partial charge < -0.3 is 10.1 Å². The molecule has 1 heterocycles. The summed E-state index contributed by atoms with van der Waals surface area (Å²) in [5.74, 6) is 0.0671. The van der Waals surface area contributed by atoms with E-state index in [4.69, 9.17) is 4.74 Å². The van der Waals surface area contributed by atoms with E-state index in [1.807, 2.05) is 13.8 Å². The maximum atomic E-state index is 13.3. The van der Waals surface area contributed by atoms with E-state index in [0.717, 1.165) is 12.0 Å². The van der Waals surface area contributed by atoms with E-state index < -0.39 is 10.0 Å². The molecule has 2 unspecified atom stereocenters. The van der Waals surface area contributed by atoms with Crippen molar-refractivity contribution in [1.82, 2.24) is 9.62 Å². The summed E-state index contributed by atoms with van der Waals surface area (Å²) in [4.78, 5) is 12.6. The Morgan fingerprint density at radius 3 is 2.39 bits per heavy atom. The number of halogens is 1. The van der Waals surface area contributed by atoms with Crippen LogP contribution in [0.2, 0.25) is 0 Å². The molecule has 8 heteroatoms. The Bertz CT molecular complexity index is 1010. The Morgan fingerprint density at radius 2 is 1.77 bits per heavy atom. The van der Waals surface area contributed by atoms with Crippen LogP contribution in [0.5, 0.6) is 5.75 Å². The fourth-order valence-electron chi connectivity index (χ4n) is 4.03. The number of methoxy groups -OCH3 is 1. The Morgan fingerprint density at radius 1 is 1.13 bits per heavy atom. The first-order valence-corrected chi connectivity index (χ1v) is 11.9. The van der Waals surface area contributed by atoms with E-state index >= 15 is 0 Å². The lowest BCUT2D eigenvalue weighted by Gasteiger charge is -2.34. The Hall–Kier alpha value is -2.45. The number of piperidine rings is 1. The van der Waals surface area contributed by atoms with Crippen molar-refractivity contribution in [3.05, 3.63) is 59.4 Å². The van der Waals surface area contributed by atoms with Crippen molar-refractivity contribution < 1.29 is 22.3 Å². The van der Waals surface area contributed by atoms with Gasteiger partial charge in [-0.3, -0.25) is 4.79 Å². The number of benzene rings is 2. The molecule has 1 amide bonds. The van der Waals surface area contributed by atoms with Crippen LogP contribution in [0.25, 0.3) is 0 Å². The average Bonchev–Trinajstić information content (AvgIpc) is 2.74. The summed E-state index contributed by atoms with van der Waals surface area (Å²) in [5, 5.41) is 2.79. The maximum Gasteiger partial charge on any atom is 0.251 e. The molecule has 6 nitrogen and oxygen atoms in total. The minimum absolute atomic E-state index is 0.00230. The molecule has 2 atom stereocenters. The van der Waals surface area contributed by atoms with E-state index in [1.54, 1.807) is 18.2 Å². The van der Waals surface area contributed by atoms with E-state index in [0.29, 0.717) is 26.1 Å². The van der Waals surface area contributed by atoms with Crippen molar-refractivity contribution in [2.24, 2.45) is 11.8 Å². The van der Waals surface area contributed by atoms with Crippen molar-refractivity contribution in [1.29, 1.82) is 0 Å². The van der Waals surface area contributed by atoms with Gasteiger partial charge in [0, 0.05) is 25.2 Å². The van der Waals surface area contributed by atoms with Crippen molar-refractivity contribution in [2.75, 3.05) is 26.7 Å². The molecule has 1 aliphatic rings. The molecule has 0 aromatic heterocycles. The van der Waals surface area contributed by atoms with E-state index in [2.05, 4.69) is 5.32 Å². The number of nitrogens with one attached hydrogen (secondary N) is 1. The average molecular weight is 449 g/mol. The van der Waals surface area contributed by atoms with Gasteiger partial charge in [0.1, 0.15) is 16.5 Å². The predicted octanol–water partition coefficient (Wildman–Crippen LogP) is 3.47. The van der Waals surface area contributed by atoms with Gasteiger partial charge in [0.05, 0.1) is 7.11 Å². The smallest absolute Gasteiger partial charge is 0.251 e. The summed E-state index contributed by atoms with van der Waals surface area (Å²) in [6.07, 6.45) is 1.52. The summed E-state index contributed by atoms with van der Waals surface area (Å²) in [6, 6.07) is 10.5. The van der Waals surface area contributed by atoms with Crippen LogP contribution >= 0.6 is 0 Å². The number of ether oxygens (including phenoxy) is 1. The lowest BCUT2D eigenvalue weighted by Crippen LogP contribution is -2.42. The van der Waals surface area contributed by atoms with Gasteiger partial charge in [-0.25, -0.2) is 12.8 Å². The maximum absolute atomic E-state index is 13.3. The highest BCUT2D eigenvalue weighted by molar-refractivity contribution is 7.89. The lowest BCUT2D eigenvalue weighted by molar-refractivity contribution is 0.0954. The normalized spacial score (nSPS) is 19.7. The standard InChI is InChI=1S/C23H29FN2O4S/c1-16-12-17(2)15-26(14-16)31(28,29)22-13-19(6-9-21(22)30-3)23(27)25-11-10-18-4-7-20(24)8-5-18/h4-9,13,16-17H,10-12,14-15H2,1-3H3,(H,25,27). The van der Waals surface area contributed by atoms with Gasteiger partial charge in [0.25, 0.3) is 5.91 Å². The van der Waals surface area contributed by atoms with E-state index in [-0.39, 0.29) is 39.8 Å². The number of nitrogens with zero attached hydrogens (tertiary/aromatic N) is 1. The molecule has 0 saturated carbocycles. The molecular formula is C23H29FN2O4S. The van der Waals surface area contributed by atoms with Crippen molar-refractivity contribution in [3.63, 3.8) is 0 Å². The second-order valence-electron chi connectivity index (χ2n) is 8.27. The van der Waals surface area contributed by atoms with Crippen molar-refractivity contribution in [3.8, 4) is 5.75 Å². The summed E-state index contributed by atoms with van der Waals surface area (Å²) in [6.45, 7) is 5.33. The summed E-state index contributed by atoms with van der Waals surface area (Å²) in [7, 11) is -2.39. The number of rotatable bonds is 7. The van der Waals surface area contributed by atoms with Crippen LogP contribution in [0.3, 0.4) is 0 Å². The molecule has 2 aromatic carbocycles. The number of carbonyl (C=O) groups is 1. The molecule has 1 N–H and O–H groups in total. The fraction of sp³-hybridized carbons (Fsp3) is 0.435. The number of amides is 1. The third-order valence-corrected chi connectivity index (χ3v) is 7.34. The predicted molar refractivity (Wildman–Crippen MR) is 117 cm³/mol. The van der Waals surface area contributed by atoms with Gasteiger partial charge in [0.15, 0.2) is 0 Å². The molecule has 0 spiro atoms. The van der Waals surface area contributed by atoms with Crippen LogP contribution in [0, 0.1) is 17.7 Å². The number of sulfonamides is 1. The van der Waals surface area contributed by atoms with Crippen LogP contribution in [-0.2, 0) is 16.4 Å². The Balaban J connectivity index is 1.76. The van der Waals surface area contributed by atoms with Crippen LogP contribution < -0.4 is 10.1 Å². The highest BCUT2D eigenvalue weighted by Crippen LogP contribution is 2.32. The van der Waals surface area contributed by atoms with Crippen LogP contribution in [-0.4, -0.2) is 45.4 Å². The molecule has 2 aromatic rings. The highest BCUT2D eigenvalue weighted by Gasteiger charge is 2.34. The third-order valence-electron chi connectivity index (χ3n) is 5.49. The number of hydrogen-bond acceptors (Lipinski definition) is 4. The van der Waals surface area contributed by atoms with Crippen LogP contribution in [0.15, 0.2) is 47.4 Å². The minimum Gasteiger partial charge on any atom is -0.495 e. The van der Waals surface area contributed by atoms with E-state index in [1.165, 1.54) is 35.7 Å². The first-order valence-electron chi connectivity index (χ1n) is 10.4. The van der Waals surface area contributed by atoms with Gasteiger partial charge in [-0.05, 0) is 60.6 Å². The topological polar surface area (TPSA) is 75.7 Å². The molecule has 0 radical (unpaired) electrons. The zero-order chi connectivity index (χ0) is 22.6. The van der Waals surface area contributed by atoms with Gasteiger partial charge in [-0.15, -0.1) is 0 Å². The molecule has 31 heavy (non-hydrogen) atoms. The number of hydrogen-bond donors (Lipinski definition) is 1. The zero-order valence-corrected chi connectivity index (χ0v) is 18.9. The van der Waals surface area contributed by atoms with Gasteiger partial charge in [0.2, 0.25) is 10.0 Å². The second-order valence-corrected chi connectivity index (χ2v) is 10.2. The van der Waals surface area contributed by atoms with Gasteiger partial charge in [-0.2, -0.15) is 4.31 Å². The van der Waals surface area contributed by atoms with Crippen molar-refractivity contribution >= 4 is 15.9 Å². The van der Waals surface area contributed by atoms with Crippen LogP contribution in [0.4, 0.5) is 4.39 Å². The molecular weight excluding hydrogens is 419 g/mol. The third kappa shape index (κ3) is 5.62. The first kappa shape index (κ1) is 23.2. The molecule has 0 bridgehead atoms. The van der Waals surface area contributed by atoms with Crippen LogP contribution in [0.1, 0.15) is 36.2 Å². The first-order chi connectivity index (χ1) is 14.7. The Labute approximate surface area is 183 Å². The zero-order valence-electron chi connectivity index (χ0n) is 18.1. The van der Waals surface area contributed by atoms with Crippen molar-refractivity contribution in [2.45, 2.75) is 31.6 Å². The molecule has 3 rings (SSSR count). The molecule has 168 valence electrons. The summed E-state index contributed by atoms with van der Waals surface area (Å²) >= 11 is 0. The quantitative estimate of drug-likeness (QED) is 0.704. The highest BCUT2D eigenvalue weighted by atomic mass is 32.2. The minimum atomic E-state index is -3.80. The van der Waals surface area contributed by atoms with E-state index in [9.17, 15) is 17.6 Å². The lowest BCUT2D eigenvalue weighted by atomic mass is 9.94. The van der Waals surface area contributed by atoms with Gasteiger partial charge >= 0.3 is 0 Å². The Kier molecular flexibility index (Phi) is 7.33. The SMILES string of the molecule is COc1ccc(C(=O)NCCc2ccc(F)cc2)cc1S(=O)(=O)N1CC(C)CC(C)C1. The fourth-order valence-corrected chi connectivity index (χ4v) is 5.90. The molecule has 0 aliphatic carbocycles. The molecule has 1 saturated heterocycles. The largest absolute Gasteiger partial charge is 0.495 e. The molecule has 1 fully saturated rings. The summed E-state index contributed by atoms with van der Waals surface area (Å²) < 4.78 is 46.5.